The summed E-state index contributed by atoms with van der Waals surface area (Å²) in [6.45, 7) is 7.12. The van der Waals surface area contributed by atoms with Crippen molar-refractivity contribution in [2.24, 2.45) is 11.3 Å². The number of hydrogen-bond acceptors (Lipinski definition) is 4. The molecule has 7 nitrogen and oxygen atoms in total. The van der Waals surface area contributed by atoms with Crippen molar-refractivity contribution >= 4 is 23.4 Å². The van der Waals surface area contributed by atoms with Gasteiger partial charge in [0.05, 0.1) is 24.1 Å². The molecule has 0 aliphatic carbocycles. The Morgan fingerprint density at radius 1 is 1.07 bits per heavy atom. The minimum atomic E-state index is -0.420. The highest BCUT2D eigenvalue weighted by atomic mass is 16.3. The van der Waals surface area contributed by atoms with Gasteiger partial charge >= 0.3 is 0 Å². The Hall–Kier alpha value is -3.09. The van der Waals surface area contributed by atoms with Gasteiger partial charge in [-0.2, -0.15) is 0 Å². The van der Waals surface area contributed by atoms with Crippen LogP contribution in [0, 0.1) is 11.3 Å². The summed E-state index contributed by atoms with van der Waals surface area (Å²) in [6.07, 6.45) is 2.77. The van der Waals surface area contributed by atoms with Crippen molar-refractivity contribution in [1.29, 1.82) is 0 Å². The molecule has 1 fully saturated rings. The summed E-state index contributed by atoms with van der Waals surface area (Å²) >= 11 is 0. The number of anilines is 1. The van der Waals surface area contributed by atoms with Crippen LogP contribution in [0.4, 0.5) is 5.69 Å². The van der Waals surface area contributed by atoms with Gasteiger partial charge in [-0.3, -0.25) is 14.4 Å². The fourth-order valence-electron chi connectivity index (χ4n) is 3.52. The fraction of sp³-hybridized carbons (Fsp3) is 0.435. The van der Waals surface area contributed by atoms with Crippen LogP contribution >= 0.6 is 0 Å². The molecule has 160 valence electrons. The molecular weight excluding hydrogens is 382 g/mol. The van der Waals surface area contributed by atoms with Gasteiger partial charge in [0.25, 0.3) is 5.91 Å². The van der Waals surface area contributed by atoms with Crippen LogP contribution in [0.3, 0.4) is 0 Å². The number of piperidine rings is 1. The van der Waals surface area contributed by atoms with E-state index < -0.39 is 5.41 Å². The molecule has 1 aromatic heterocycles. The maximum Gasteiger partial charge on any atom is 0.253 e. The largest absolute Gasteiger partial charge is 0.467 e. The van der Waals surface area contributed by atoms with Crippen molar-refractivity contribution in [3.05, 3.63) is 54.0 Å². The lowest BCUT2D eigenvalue weighted by Gasteiger charge is -2.35. The van der Waals surface area contributed by atoms with Crippen molar-refractivity contribution in [3.63, 3.8) is 0 Å². The van der Waals surface area contributed by atoms with Crippen molar-refractivity contribution in [2.75, 3.05) is 18.4 Å². The van der Waals surface area contributed by atoms with Crippen molar-refractivity contribution < 1.29 is 18.8 Å². The Balaban J connectivity index is 1.58. The van der Waals surface area contributed by atoms with Gasteiger partial charge in [-0.25, -0.2) is 0 Å². The average molecular weight is 412 g/mol. The third-order valence-corrected chi connectivity index (χ3v) is 5.23. The van der Waals surface area contributed by atoms with Crippen LogP contribution in [0.15, 0.2) is 47.1 Å². The van der Waals surface area contributed by atoms with Gasteiger partial charge in [-0.15, -0.1) is 0 Å². The second kappa shape index (κ2) is 9.15. The summed E-state index contributed by atoms with van der Waals surface area (Å²) in [4.78, 5) is 39.6. The van der Waals surface area contributed by atoms with E-state index in [1.165, 1.54) is 0 Å². The molecule has 1 aromatic carbocycles. The Morgan fingerprint density at radius 3 is 2.40 bits per heavy atom. The standard InChI is InChI=1S/C23H29N3O4/c1-23(2,3)22(29)26-12-10-16(11-13-26)20(27)25-19-9-5-4-8-18(19)21(28)24-15-17-7-6-14-30-17/h4-9,14,16H,10-13,15H2,1-3H3,(H,24,28)(H,25,27). The third-order valence-electron chi connectivity index (χ3n) is 5.23. The quantitative estimate of drug-likeness (QED) is 0.788. The van der Waals surface area contributed by atoms with E-state index >= 15 is 0 Å². The molecule has 30 heavy (non-hydrogen) atoms. The number of likely N-dealkylation sites (tertiary alicyclic amines) is 1. The lowest BCUT2D eigenvalue weighted by Crippen LogP contribution is -2.45. The molecule has 0 unspecified atom stereocenters. The Bertz CT molecular complexity index is 891. The Morgan fingerprint density at radius 2 is 1.77 bits per heavy atom. The summed E-state index contributed by atoms with van der Waals surface area (Å²) in [5.41, 5.74) is 0.460. The van der Waals surface area contributed by atoms with Crippen LogP contribution in [0.5, 0.6) is 0 Å². The Labute approximate surface area is 176 Å². The highest BCUT2D eigenvalue weighted by molar-refractivity contribution is 6.04. The fourth-order valence-corrected chi connectivity index (χ4v) is 3.52. The zero-order valence-electron chi connectivity index (χ0n) is 17.7. The molecule has 0 bridgehead atoms. The summed E-state index contributed by atoms with van der Waals surface area (Å²) in [5, 5.41) is 5.70. The molecule has 1 aliphatic rings. The summed E-state index contributed by atoms with van der Waals surface area (Å²) in [7, 11) is 0. The number of hydrogen-bond donors (Lipinski definition) is 2. The summed E-state index contributed by atoms with van der Waals surface area (Å²) in [6, 6.07) is 10.5. The first-order chi connectivity index (χ1) is 14.3. The number of carbonyl (C=O) groups excluding carboxylic acids is 3. The number of para-hydroxylation sites is 1. The van der Waals surface area contributed by atoms with Gasteiger partial charge in [0, 0.05) is 24.4 Å². The molecule has 1 saturated heterocycles. The van der Waals surface area contributed by atoms with E-state index in [1.807, 2.05) is 25.7 Å². The average Bonchev–Trinajstić information content (AvgIpc) is 3.25. The van der Waals surface area contributed by atoms with Gasteiger partial charge in [0.2, 0.25) is 11.8 Å². The first kappa shape index (κ1) is 21.6. The highest BCUT2D eigenvalue weighted by Crippen LogP contribution is 2.25. The molecule has 2 N–H and O–H groups in total. The zero-order valence-corrected chi connectivity index (χ0v) is 17.7. The van der Waals surface area contributed by atoms with Crippen molar-refractivity contribution in [1.82, 2.24) is 10.2 Å². The lowest BCUT2D eigenvalue weighted by atomic mass is 9.90. The molecule has 3 rings (SSSR count). The molecule has 0 saturated carbocycles. The van der Waals surface area contributed by atoms with E-state index in [0.717, 1.165) is 0 Å². The molecule has 2 heterocycles. The van der Waals surface area contributed by atoms with Gasteiger partial charge in [0.15, 0.2) is 0 Å². The monoisotopic (exact) mass is 411 g/mol. The predicted octanol–water partition coefficient (Wildman–Crippen LogP) is 3.43. The first-order valence-electron chi connectivity index (χ1n) is 10.3. The lowest BCUT2D eigenvalue weighted by molar-refractivity contribution is -0.142. The number of amides is 3. The second-order valence-corrected chi connectivity index (χ2v) is 8.61. The van der Waals surface area contributed by atoms with E-state index in [4.69, 9.17) is 4.42 Å². The maximum atomic E-state index is 12.8. The molecule has 7 heteroatoms. The van der Waals surface area contributed by atoms with E-state index in [0.29, 0.717) is 42.9 Å². The molecule has 0 spiro atoms. The van der Waals surface area contributed by atoms with Crippen molar-refractivity contribution in [2.45, 2.75) is 40.2 Å². The van der Waals surface area contributed by atoms with E-state index in [1.54, 1.807) is 42.7 Å². The third kappa shape index (κ3) is 5.28. The molecule has 1 aliphatic heterocycles. The molecule has 0 atom stereocenters. The van der Waals surface area contributed by atoms with Crippen LogP contribution in [0.25, 0.3) is 0 Å². The number of carbonyl (C=O) groups is 3. The number of nitrogens with zero attached hydrogens (tertiary/aromatic N) is 1. The molecule has 2 aromatic rings. The van der Waals surface area contributed by atoms with Crippen LogP contribution in [0.2, 0.25) is 0 Å². The maximum absolute atomic E-state index is 12.8. The van der Waals surface area contributed by atoms with Gasteiger partial charge < -0.3 is 20.0 Å². The van der Waals surface area contributed by atoms with Crippen LogP contribution < -0.4 is 10.6 Å². The zero-order chi connectivity index (χ0) is 21.7. The number of nitrogens with one attached hydrogen (secondary N) is 2. The van der Waals surface area contributed by atoms with Gasteiger partial charge in [-0.1, -0.05) is 32.9 Å². The summed E-state index contributed by atoms with van der Waals surface area (Å²) < 4.78 is 5.23. The summed E-state index contributed by atoms with van der Waals surface area (Å²) in [5.74, 6) is 0.173. The van der Waals surface area contributed by atoms with Crippen LogP contribution in [-0.4, -0.2) is 35.7 Å². The van der Waals surface area contributed by atoms with E-state index in [2.05, 4.69) is 10.6 Å². The smallest absolute Gasteiger partial charge is 0.253 e. The second-order valence-electron chi connectivity index (χ2n) is 8.61. The minimum Gasteiger partial charge on any atom is -0.467 e. The molecule has 0 radical (unpaired) electrons. The Kier molecular flexibility index (Phi) is 6.59. The van der Waals surface area contributed by atoms with Gasteiger partial charge in [0.1, 0.15) is 5.76 Å². The minimum absolute atomic E-state index is 0.111. The van der Waals surface area contributed by atoms with Crippen LogP contribution in [-0.2, 0) is 16.1 Å². The normalized spacial score (nSPS) is 15.0. The highest BCUT2D eigenvalue weighted by Gasteiger charge is 2.32. The molecule has 3 amide bonds. The number of rotatable bonds is 5. The number of furan rings is 1. The van der Waals surface area contributed by atoms with Gasteiger partial charge in [-0.05, 0) is 37.1 Å². The number of benzene rings is 1. The topological polar surface area (TPSA) is 91.7 Å². The van der Waals surface area contributed by atoms with Crippen LogP contribution in [0.1, 0.15) is 49.7 Å². The van der Waals surface area contributed by atoms with Crippen molar-refractivity contribution in [3.8, 4) is 0 Å². The first-order valence-corrected chi connectivity index (χ1v) is 10.3. The predicted molar refractivity (Wildman–Crippen MR) is 114 cm³/mol. The molecular formula is C23H29N3O4. The SMILES string of the molecule is CC(C)(C)C(=O)N1CCC(C(=O)Nc2ccccc2C(=O)NCc2ccco2)CC1. The van der Waals surface area contributed by atoms with E-state index in [9.17, 15) is 14.4 Å². The van der Waals surface area contributed by atoms with E-state index in [-0.39, 0.29) is 30.2 Å².